The lowest BCUT2D eigenvalue weighted by molar-refractivity contribution is 0.965. The van der Waals surface area contributed by atoms with Crippen molar-refractivity contribution in [3.05, 3.63) is 112 Å². The molecule has 2 aromatic heterocycles. The lowest BCUT2D eigenvalue weighted by Gasteiger charge is -2.15. The van der Waals surface area contributed by atoms with Crippen molar-refractivity contribution in [3.63, 3.8) is 0 Å². The SMILES string of the molecule is Cc1nc(C)c(Cc2ccccc2)c(Nc2cccc(-c3csc(-c4ccccc4Cl)n3)c2)n1. The van der Waals surface area contributed by atoms with Gasteiger partial charge < -0.3 is 5.32 Å². The van der Waals surface area contributed by atoms with Crippen LogP contribution < -0.4 is 5.32 Å². The number of rotatable bonds is 6. The molecule has 0 aliphatic heterocycles. The zero-order valence-corrected chi connectivity index (χ0v) is 20.5. The Balaban J connectivity index is 1.45. The average molecular weight is 483 g/mol. The zero-order valence-electron chi connectivity index (χ0n) is 18.9. The number of benzene rings is 3. The lowest BCUT2D eigenvalue weighted by Crippen LogP contribution is -2.06. The van der Waals surface area contributed by atoms with Crippen LogP contribution in [0.4, 0.5) is 11.5 Å². The first-order valence-corrected chi connectivity index (χ1v) is 12.3. The Bertz CT molecular complexity index is 1450. The number of halogens is 1. The van der Waals surface area contributed by atoms with Crippen molar-refractivity contribution in [2.75, 3.05) is 5.32 Å². The fourth-order valence-electron chi connectivity index (χ4n) is 3.91. The molecule has 2 heterocycles. The number of aryl methyl sites for hydroxylation is 2. The zero-order chi connectivity index (χ0) is 23.5. The van der Waals surface area contributed by atoms with Crippen LogP contribution >= 0.6 is 22.9 Å². The largest absolute Gasteiger partial charge is 0.340 e. The summed E-state index contributed by atoms with van der Waals surface area (Å²) in [5, 5.41) is 7.22. The van der Waals surface area contributed by atoms with Gasteiger partial charge in [-0.15, -0.1) is 11.3 Å². The first kappa shape index (κ1) is 22.3. The molecule has 3 aromatic carbocycles. The first-order chi connectivity index (χ1) is 16.6. The molecule has 0 spiro atoms. The second-order valence-electron chi connectivity index (χ2n) is 8.07. The molecule has 5 aromatic rings. The standard InChI is InChI=1S/C28H23ClN4S/c1-18-24(15-20-9-4-3-5-10-20)27(31-19(2)30-18)32-22-12-8-11-21(16-22)26-17-34-28(33-26)23-13-6-7-14-25(23)29/h3-14,16-17H,15H2,1-2H3,(H,30,31,32). The number of nitrogens with zero attached hydrogens (tertiary/aromatic N) is 3. The smallest absolute Gasteiger partial charge is 0.137 e. The molecule has 0 aliphatic carbocycles. The lowest BCUT2D eigenvalue weighted by atomic mass is 10.0. The summed E-state index contributed by atoms with van der Waals surface area (Å²) in [5.41, 5.74) is 7.17. The van der Waals surface area contributed by atoms with E-state index in [1.807, 2.05) is 56.3 Å². The monoisotopic (exact) mass is 482 g/mol. The molecule has 0 bridgehead atoms. The summed E-state index contributed by atoms with van der Waals surface area (Å²) in [7, 11) is 0. The Hall–Kier alpha value is -3.54. The van der Waals surface area contributed by atoms with Crippen molar-refractivity contribution < 1.29 is 0 Å². The number of anilines is 2. The number of thiazole rings is 1. The highest BCUT2D eigenvalue weighted by atomic mass is 35.5. The highest BCUT2D eigenvalue weighted by molar-refractivity contribution is 7.13. The van der Waals surface area contributed by atoms with Gasteiger partial charge in [-0.25, -0.2) is 15.0 Å². The van der Waals surface area contributed by atoms with Crippen molar-refractivity contribution >= 4 is 34.4 Å². The summed E-state index contributed by atoms with van der Waals surface area (Å²) in [6.45, 7) is 3.96. The molecule has 34 heavy (non-hydrogen) atoms. The topological polar surface area (TPSA) is 50.7 Å². The van der Waals surface area contributed by atoms with Crippen LogP contribution in [-0.2, 0) is 6.42 Å². The van der Waals surface area contributed by atoms with Gasteiger partial charge in [0.05, 0.1) is 10.7 Å². The van der Waals surface area contributed by atoms with Crippen LogP contribution in [0, 0.1) is 13.8 Å². The number of aromatic nitrogens is 3. The van der Waals surface area contributed by atoms with Gasteiger partial charge in [0.15, 0.2) is 0 Å². The fourth-order valence-corrected chi connectivity index (χ4v) is 5.06. The predicted molar refractivity (Wildman–Crippen MR) is 142 cm³/mol. The van der Waals surface area contributed by atoms with E-state index in [4.69, 9.17) is 21.6 Å². The Morgan fingerprint density at radius 1 is 0.853 bits per heavy atom. The Kier molecular flexibility index (Phi) is 6.39. The summed E-state index contributed by atoms with van der Waals surface area (Å²) in [4.78, 5) is 14.2. The minimum absolute atomic E-state index is 0.708. The molecular weight excluding hydrogens is 460 g/mol. The van der Waals surface area contributed by atoms with Gasteiger partial charge in [0.2, 0.25) is 0 Å². The van der Waals surface area contributed by atoms with Crippen molar-refractivity contribution in [1.82, 2.24) is 15.0 Å². The van der Waals surface area contributed by atoms with Gasteiger partial charge in [0.25, 0.3) is 0 Å². The highest BCUT2D eigenvalue weighted by Gasteiger charge is 2.13. The second-order valence-corrected chi connectivity index (χ2v) is 9.33. The van der Waals surface area contributed by atoms with Gasteiger partial charge in [-0.2, -0.15) is 0 Å². The number of hydrogen-bond acceptors (Lipinski definition) is 5. The van der Waals surface area contributed by atoms with Gasteiger partial charge in [0, 0.05) is 39.9 Å². The quantitative estimate of drug-likeness (QED) is 0.267. The van der Waals surface area contributed by atoms with E-state index >= 15 is 0 Å². The third kappa shape index (κ3) is 4.86. The minimum atomic E-state index is 0.708. The third-order valence-electron chi connectivity index (χ3n) is 5.58. The van der Waals surface area contributed by atoms with Gasteiger partial charge in [0.1, 0.15) is 16.6 Å². The fraction of sp³-hybridized carbons (Fsp3) is 0.107. The van der Waals surface area contributed by atoms with Crippen LogP contribution in [0.1, 0.15) is 22.6 Å². The maximum Gasteiger partial charge on any atom is 0.137 e. The average Bonchev–Trinajstić information content (AvgIpc) is 3.33. The van der Waals surface area contributed by atoms with E-state index in [0.29, 0.717) is 5.02 Å². The number of hydrogen-bond donors (Lipinski definition) is 1. The Morgan fingerprint density at radius 3 is 2.47 bits per heavy atom. The van der Waals surface area contributed by atoms with Crippen molar-refractivity contribution in [2.45, 2.75) is 20.3 Å². The second kappa shape index (κ2) is 9.75. The molecule has 4 nitrogen and oxygen atoms in total. The molecule has 0 radical (unpaired) electrons. The normalized spacial score (nSPS) is 10.9. The van der Waals surface area contributed by atoms with Gasteiger partial charge in [-0.1, -0.05) is 72.3 Å². The van der Waals surface area contributed by atoms with Gasteiger partial charge >= 0.3 is 0 Å². The highest BCUT2D eigenvalue weighted by Crippen LogP contribution is 2.34. The summed E-state index contributed by atoms with van der Waals surface area (Å²) in [5.74, 6) is 1.58. The van der Waals surface area contributed by atoms with Crippen LogP contribution in [0.5, 0.6) is 0 Å². The molecule has 1 N–H and O–H groups in total. The van der Waals surface area contributed by atoms with E-state index in [1.54, 1.807) is 11.3 Å². The molecule has 6 heteroatoms. The van der Waals surface area contributed by atoms with Gasteiger partial charge in [-0.3, -0.25) is 0 Å². The van der Waals surface area contributed by atoms with Crippen LogP contribution in [0.2, 0.25) is 5.02 Å². The molecule has 0 atom stereocenters. The van der Waals surface area contributed by atoms with Crippen LogP contribution in [0.3, 0.4) is 0 Å². The van der Waals surface area contributed by atoms with Crippen LogP contribution in [-0.4, -0.2) is 15.0 Å². The van der Waals surface area contributed by atoms with Crippen molar-refractivity contribution in [3.8, 4) is 21.8 Å². The molecule has 0 fully saturated rings. The third-order valence-corrected chi connectivity index (χ3v) is 6.78. The van der Waals surface area contributed by atoms with E-state index in [1.165, 1.54) is 5.56 Å². The summed E-state index contributed by atoms with van der Waals surface area (Å²) in [6, 6.07) is 26.4. The minimum Gasteiger partial charge on any atom is -0.340 e. The molecule has 0 saturated carbocycles. The molecule has 0 saturated heterocycles. The first-order valence-electron chi connectivity index (χ1n) is 11.0. The van der Waals surface area contributed by atoms with Crippen LogP contribution in [0.15, 0.2) is 84.2 Å². The molecule has 0 amide bonds. The molecule has 5 rings (SSSR count). The molecule has 0 unspecified atom stereocenters. The number of nitrogens with one attached hydrogen (secondary N) is 1. The van der Waals surface area contributed by atoms with E-state index in [-0.39, 0.29) is 0 Å². The molecule has 168 valence electrons. The predicted octanol–water partition coefficient (Wildman–Crippen LogP) is 7.87. The molecular formula is C28H23ClN4S. The van der Waals surface area contributed by atoms with E-state index in [9.17, 15) is 0 Å². The van der Waals surface area contributed by atoms with E-state index < -0.39 is 0 Å². The van der Waals surface area contributed by atoms with Gasteiger partial charge in [-0.05, 0) is 37.6 Å². The van der Waals surface area contributed by atoms with Crippen molar-refractivity contribution in [2.24, 2.45) is 0 Å². The summed E-state index contributed by atoms with van der Waals surface area (Å²) in [6.07, 6.45) is 0.766. The van der Waals surface area contributed by atoms with Crippen LogP contribution in [0.25, 0.3) is 21.8 Å². The Labute approximate surface area is 208 Å². The summed E-state index contributed by atoms with van der Waals surface area (Å²) < 4.78 is 0. The Morgan fingerprint density at radius 2 is 1.65 bits per heavy atom. The summed E-state index contributed by atoms with van der Waals surface area (Å²) >= 11 is 7.96. The van der Waals surface area contributed by atoms with Crippen molar-refractivity contribution in [1.29, 1.82) is 0 Å². The van der Waals surface area contributed by atoms with E-state index in [2.05, 4.69) is 52.1 Å². The van der Waals surface area contributed by atoms with E-state index in [0.717, 1.165) is 56.8 Å². The maximum atomic E-state index is 6.37. The maximum absolute atomic E-state index is 6.37. The molecule has 0 aliphatic rings.